The van der Waals surface area contributed by atoms with Crippen molar-refractivity contribution in [3.05, 3.63) is 96.0 Å². The lowest BCUT2D eigenvalue weighted by Gasteiger charge is -2.08. The molecule has 6 rings (SSSR count). The molecule has 3 heterocycles. The van der Waals surface area contributed by atoms with Gasteiger partial charge in [-0.05, 0) is 55.7 Å². The van der Waals surface area contributed by atoms with Crippen LogP contribution in [-0.2, 0) is 19.6 Å². The van der Waals surface area contributed by atoms with E-state index in [9.17, 15) is 0 Å². The van der Waals surface area contributed by atoms with Crippen molar-refractivity contribution in [3.63, 3.8) is 0 Å². The summed E-state index contributed by atoms with van der Waals surface area (Å²) in [7, 11) is 0. The van der Waals surface area contributed by atoms with Crippen molar-refractivity contribution < 1.29 is 4.57 Å². The molecule has 0 saturated carbocycles. The molecule has 0 bridgehead atoms. The molecule has 4 nitrogen and oxygen atoms in total. The molecule has 0 unspecified atom stereocenters. The van der Waals surface area contributed by atoms with Crippen LogP contribution in [0.4, 0.5) is 0 Å². The first-order chi connectivity index (χ1) is 17.3. The van der Waals surface area contributed by atoms with Gasteiger partial charge in [0.05, 0.1) is 6.33 Å². The predicted octanol–water partition coefficient (Wildman–Crippen LogP) is 7.16. The highest BCUT2D eigenvalue weighted by molar-refractivity contribution is 7.18. The van der Waals surface area contributed by atoms with Crippen LogP contribution in [0.25, 0.3) is 44.2 Å². The molecule has 174 valence electrons. The van der Waals surface area contributed by atoms with Crippen LogP contribution in [-0.4, -0.2) is 14.1 Å². The topological polar surface area (TPSA) is 26.6 Å². The van der Waals surface area contributed by atoms with Gasteiger partial charge in [0, 0.05) is 59.4 Å². The van der Waals surface area contributed by atoms with Crippen LogP contribution in [0.15, 0.2) is 85.5 Å². The number of hydrogen-bond donors (Lipinski definition) is 0. The molecule has 0 atom stereocenters. The number of benzene rings is 3. The van der Waals surface area contributed by atoms with Gasteiger partial charge >= 0.3 is 0 Å². The maximum absolute atomic E-state index is 4.15. The highest BCUT2D eigenvalue weighted by Crippen LogP contribution is 2.31. The number of nitrogens with zero attached hydrogens (tertiary/aromatic N) is 4. The SMILES string of the molecule is CC[n+]1c(/C=C/c2ccc3c(c2)c2ccccc2n3CCCCn2ccnc2)sc2ccccc21. The summed E-state index contributed by atoms with van der Waals surface area (Å²) < 4.78 is 8.37. The molecule has 35 heavy (non-hydrogen) atoms. The van der Waals surface area contributed by atoms with Crippen LogP contribution in [0.2, 0.25) is 0 Å². The Kier molecular flexibility index (Phi) is 5.93. The third-order valence-corrected chi connectivity index (χ3v) is 7.91. The highest BCUT2D eigenvalue weighted by atomic mass is 32.1. The van der Waals surface area contributed by atoms with Crippen LogP contribution in [0.1, 0.15) is 30.3 Å². The van der Waals surface area contributed by atoms with E-state index < -0.39 is 0 Å². The van der Waals surface area contributed by atoms with Crippen LogP contribution < -0.4 is 4.57 Å². The molecule has 0 spiro atoms. The fourth-order valence-electron chi connectivity index (χ4n) is 5.07. The Morgan fingerprint density at radius 3 is 2.60 bits per heavy atom. The Morgan fingerprint density at radius 1 is 0.886 bits per heavy atom. The van der Waals surface area contributed by atoms with Gasteiger partial charge in [-0.15, -0.1) is 0 Å². The van der Waals surface area contributed by atoms with Gasteiger partial charge in [-0.1, -0.05) is 47.7 Å². The van der Waals surface area contributed by atoms with Crippen molar-refractivity contribution in [1.29, 1.82) is 0 Å². The molecule has 0 N–H and O–H groups in total. The molecule has 0 amide bonds. The molecule has 0 fully saturated rings. The fourth-order valence-corrected chi connectivity index (χ4v) is 6.20. The molecule has 3 aromatic heterocycles. The zero-order valence-corrected chi connectivity index (χ0v) is 20.8. The summed E-state index contributed by atoms with van der Waals surface area (Å²) in [6.07, 6.45) is 12.6. The van der Waals surface area contributed by atoms with E-state index in [-0.39, 0.29) is 0 Å². The van der Waals surface area contributed by atoms with E-state index in [0.29, 0.717) is 0 Å². The van der Waals surface area contributed by atoms with Gasteiger partial charge in [0.25, 0.3) is 5.01 Å². The molecule has 0 aliphatic rings. The molecule has 0 radical (unpaired) electrons. The normalized spacial score (nSPS) is 12.0. The first kappa shape index (κ1) is 21.8. The summed E-state index contributed by atoms with van der Waals surface area (Å²) in [6.45, 7) is 5.22. The lowest BCUT2D eigenvalue weighted by atomic mass is 10.1. The molecule has 0 aliphatic carbocycles. The number of unbranched alkanes of at least 4 members (excludes halogenated alkanes) is 1. The summed E-state index contributed by atoms with van der Waals surface area (Å²) in [5.41, 5.74) is 5.18. The van der Waals surface area contributed by atoms with Gasteiger partial charge in [-0.25, -0.2) is 4.98 Å². The van der Waals surface area contributed by atoms with Crippen LogP contribution in [0.5, 0.6) is 0 Å². The van der Waals surface area contributed by atoms with Crippen molar-refractivity contribution in [2.45, 2.75) is 39.4 Å². The summed E-state index contributed by atoms with van der Waals surface area (Å²) >= 11 is 1.85. The van der Waals surface area contributed by atoms with Gasteiger partial charge < -0.3 is 9.13 Å². The number of aromatic nitrogens is 4. The van der Waals surface area contributed by atoms with E-state index in [2.05, 4.69) is 104 Å². The van der Waals surface area contributed by atoms with Crippen molar-refractivity contribution in [2.75, 3.05) is 0 Å². The quantitative estimate of drug-likeness (QED) is 0.169. The van der Waals surface area contributed by atoms with E-state index in [0.717, 1.165) is 32.5 Å². The second-order valence-corrected chi connectivity index (χ2v) is 10.0. The lowest BCUT2D eigenvalue weighted by molar-refractivity contribution is -0.665. The smallest absolute Gasteiger partial charge is 0.262 e. The Labute approximate surface area is 209 Å². The Morgan fingerprint density at radius 2 is 1.71 bits per heavy atom. The number of thiazole rings is 1. The molecule has 3 aromatic carbocycles. The summed E-state index contributed by atoms with van der Waals surface area (Å²) in [5, 5.41) is 3.95. The third kappa shape index (κ3) is 4.17. The first-order valence-electron chi connectivity index (χ1n) is 12.4. The van der Waals surface area contributed by atoms with Crippen molar-refractivity contribution in [1.82, 2.24) is 14.1 Å². The van der Waals surface area contributed by atoms with Gasteiger partial charge in [0.2, 0.25) is 5.52 Å². The number of rotatable bonds is 8. The van der Waals surface area contributed by atoms with Crippen molar-refractivity contribution in [3.8, 4) is 0 Å². The number of imidazole rings is 1. The maximum atomic E-state index is 4.15. The monoisotopic (exact) mass is 477 g/mol. The molecular formula is C30H29N4S+. The lowest BCUT2D eigenvalue weighted by Crippen LogP contribution is -2.33. The largest absolute Gasteiger partial charge is 0.340 e. The predicted molar refractivity (Wildman–Crippen MR) is 148 cm³/mol. The van der Waals surface area contributed by atoms with E-state index in [1.54, 1.807) is 0 Å². The van der Waals surface area contributed by atoms with Gasteiger partial charge in [-0.2, -0.15) is 4.57 Å². The van der Waals surface area contributed by atoms with Gasteiger partial charge in [0.1, 0.15) is 11.2 Å². The molecule has 6 aromatic rings. The van der Waals surface area contributed by atoms with Crippen LogP contribution in [0, 0.1) is 0 Å². The maximum Gasteiger partial charge on any atom is 0.262 e. The average Bonchev–Trinajstić information content (AvgIpc) is 3.61. The Balaban J connectivity index is 1.30. The number of para-hydroxylation sites is 2. The number of aryl methyl sites for hydroxylation is 3. The number of hydrogen-bond acceptors (Lipinski definition) is 2. The second-order valence-electron chi connectivity index (χ2n) is 8.94. The minimum absolute atomic E-state index is 0.969. The van der Waals surface area contributed by atoms with E-state index in [1.165, 1.54) is 42.6 Å². The minimum Gasteiger partial charge on any atom is -0.340 e. The van der Waals surface area contributed by atoms with Crippen molar-refractivity contribution in [2.24, 2.45) is 0 Å². The summed E-state index contributed by atoms with van der Waals surface area (Å²) in [5.74, 6) is 0. The van der Waals surface area contributed by atoms with E-state index in [1.807, 2.05) is 30.1 Å². The standard InChI is InChI=1S/C30H29N4S/c1-2-33-28-11-5-6-12-29(28)35-30(33)16-14-23-13-15-27-25(21-23)24-9-3-4-10-26(24)34(27)19-8-7-18-32-20-17-31-22-32/h3-6,9-17,20-22H,2,7-8,18-19H2,1H3/q+1. The number of fused-ring (bicyclic) bond motifs is 4. The van der Waals surface area contributed by atoms with Gasteiger partial charge in [-0.3, -0.25) is 0 Å². The second kappa shape index (κ2) is 9.51. The Bertz CT molecular complexity index is 1640. The highest BCUT2D eigenvalue weighted by Gasteiger charge is 2.16. The van der Waals surface area contributed by atoms with Crippen molar-refractivity contribution >= 4 is 55.5 Å². The van der Waals surface area contributed by atoms with Gasteiger partial charge in [0.15, 0.2) is 0 Å². The molecule has 0 aliphatic heterocycles. The van der Waals surface area contributed by atoms with Crippen LogP contribution in [0.3, 0.4) is 0 Å². The summed E-state index contributed by atoms with van der Waals surface area (Å²) in [4.78, 5) is 4.15. The first-order valence-corrected chi connectivity index (χ1v) is 13.2. The average molecular weight is 478 g/mol. The third-order valence-electron chi connectivity index (χ3n) is 6.77. The van der Waals surface area contributed by atoms with E-state index in [4.69, 9.17) is 0 Å². The molecule has 5 heteroatoms. The summed E-state index contributed by atoms with van der Waals surface area (Å²) in [6, 6.07) is 24.4. The minimum atomic E-state index is 0.969. The van der Waals surface area contributed by atoms with Crippen LogP contribution >= 0.6 is 11.3 Å². The Hall–Kier alpha value is -3.70. The zero-order valence-electron chi connectivity index (χ0n) is 20.0. The fraction of sp³-hybridized carbons (Fsp3) is 0.200. The zero-order chi connectivity index (χ0) is 23.6. The van der Waals surface area contributed by atoms with E-state index >= 15 is 0 Å². The molecule has 0 saturated heterocycles. The molecular weight excluding hydrogens is 448 g/mol.